The highest BCUT2D eigenvalue weighted by Gasteiger charge is 2.26. The normalized spacial score (nSPS) is 13.7. The Morgan fingerprint density at radius 1 is 0.490 bits per heavy atom. The van der Waals surface area contributed by atoms with Gasteiger partial charge < -0.3 is 20.6 Å². The molecule has 3 unspecified atom stereocenters. The Kier molecular flexibility index (Phi) is 39.1. The van der Waals surface area contributed by atoms with Gasteiger partial charge in [0.2, 0.25) is 5.91 Å². The van der Waals surface area contributed by atoms with E-state index in [-0.39, 0.29) is 12.5 Å². The van der Waals surface area contributed by atoms with Crippen molar-refractivity contribution in [3.63, 3.8) is 0 Å². The summed E-state index contributed by atoms with van der Waals surface area (Å²) >= 11 is 0. The molecular formula is C44H87NO4. The van der Waals surface area contributed by atoms with Crippen LogP contribution in [0.5, 0.6) is 0 Å². The van der Waals surface area contributed by atoms with Crippen LogP contribution in [0.3, 0.4) is 0 Å². The summed E-state index contributed by atoms with van der Waals surface area (Å²) in [5, 5.41) is 33.3. The highest BCUT2D eigenvalue weighted by Crippen LogP contribution is 2.17. The van der Waals surface area contributed by atoms with Crippen LogP contribution in [0.4, 0.5) is 0 Å². The van der Waals surface area contributed by atoms with Crippen LogP contribution in [0.25, 0.3) is 0 Å². The van der Waals surface area contributed by atoms with Crippen LogP contribution in [0, 0.1) is 0 Å². The number of allylic oxidation sites excluding steroid dienone is 2. The number of nitrogens with one attached hydrogen (secondary N) is 1. The lowest BCUT2D eigenvalue weighted by molar-refractivity contribution is -0.124. The van der Waals surface area contributed by atoms with E-state index in [1.54, 1.807) is 0 Å². The van der Waals surface area contributed by atoms with E-state index in [0.29, 0.717) is 12.8 Å². The van der Waals surface area contributed by atoms with E-state index in [1.165, 1.54) is 173 Å². The van der Waals surface area contributed by atoms with Crippen molar-refractivity contribution in [2.24, 2.45) is 0 Å². The van der Waals surface area contributed by atoms with Crippen LogP contribution >= 0.6 is 0 Å². The molecule has 0 rings (SSSR count). The maximum atomic E-state index is 12.4. The van der Waals surface area contributed by atoms with Gasteiger partial charge in [0.05, 0.1) is 18.8 Å². The molecule has 5 heteroatoms. The molecule has 3 atom stereocenters. The molecule has 1 amide bonds. The predicted molar refractivity (Wildman–Crippen MR) is 213 cm³/mol. The van der Waals surface area contributed by atoms with E-state index in [2.05, 4.69) is 31.3 Å². The molecular weight excluding hydrogens is 606 g/mol. The zero-order valence-electron chi connectivity index (χ0n) is 33.1. The van der Waals surface area contributed by atoms with Gasteiger partial charge in [-0.2, -0.15) is 0 Å². The fourth-order valence-corrected chi connectivity index (χ4v) is 6.93. The molecule has 0 spiro atoms. The standard InChI is InChI=1S/C44H87NO4/c1-3-5-7-9-11-13-14-15-16-17-18-19-20-21-22-23-24-25-26-27-28-29-31-33-35-37-39-43(48)45-41(40-46)44(49)42(47)38-36-34-32-30-12-10-8-6-4-2/h30,32,41-42,44,46-47,49H,3-29,31,33-40H2,1-2H3,(H,45,48)/b32-30+. The van der Waals surface area contributed by atoms with Gasteiger partial charge in [-0.1, -0.05) is 206 Å². The molecule has 4 N–H and O–H groups in total. The van der Waals surface area contributed by atoms with Crippen LogP contribution in [-0.4, -0.2) is 46.1 Å². The molecule has 5 nitrogen and oxygen atoms in total. The summed E-state index contributed by atoms with van der Waals surface area (Å²) in [7, 11) is 0. The first kappa shape index (κ1) is 48.1. The fraction of sp³-hybridized carbons (Fsp3) is 0.932. The lowest BCUT2D eigenvalue weighted by atomic mass is 10.0. The number of amides is 1. The van der Waals surface area contributed by atoms with E-state index < -0.39 is 18.2 Å². The van der Waals surface area contributed by atoms with Crippen molar-refractivity contribution in [2.45, 2.75) is 257 Å². The van der Waals surface area contributed by atoms with Gasteiger partial charge in [0.15, 0.2) is 0 Å². The Labute approximate surface area is 306 Å². The van der Waals surface area contributed by atoms with Gasteiger partial charge in [-0.05, 0) is 38.5 Å². The molecule has 0 aromatic heterocycles. The van der Waals surface area contributed by atoms with E-state index >= 15 is 0 Å². The highest BCUT2D eigenvalue weighted by molar-refractivity contribution is 5.76. The summed E-state index contributed by atoms with van der Waals surface area (Å²) in [6, 6.07) is -0.819. The number of rotatable bonds is 40. The molecule has 0 aliphatic carbocycles. The Morgan fingerprint density at radius 3 is 1.18 bits per heavy atom. The number of hydrogen-bond donors (Lipinski definition) is 4. The Morgan fingerprint density at radius 2 is 0.816 bits per heavy atom. The Hall–Kier alpha value is -0.910. The van der Waals surface area contributed by atoms with Gasteiger partial charge in [-0.3, -0.25) is 4.79 Å². The summed E-state index contributed by atoms with van der Waals surface area (Å²) in [5.41, 5.74) is 0. The van der Waals surface area contributed by atoms with Crippen molar-refractivity contribution in [3.8, 4) is 0 Å². The quantitative estimate of drug-likeness (QED) is 0.0380. The van der Waals surface area contributed by atoms with Crippen molar-refractivity contribution in [2.75, 3.05) is 6.61 Å². The first-order valence-electron chi connectivity index (χ1n) is 22.0. The first-order valence-corrected chi connectivity index (χ1v) is 22.0. The van der Waals surface area contributed by atoms with Gasteiger partial charge in [0, 0.05) is 6.42 Å². The zero-order chi connectivity index (χ0) is 35.9. The molecule has 0 saturated heterocycles. The average molecular weight is 694 g/mol. The van der Waals surface area contributed by atoms with Crippen molar-refractivity contribution >= 4 is 5.91 Å². The lowest BCUT2D eigenvalue weighted by Gasteiger charge is -2.26. The van der Waals surface area contributed by atoms with E-state index in [4.69, 9.17) is 0 Å². The minimum absolute atomic E-state index is 0.152. The maximum Gasteiger partial charge on any atom is 0.220 e. The third-order valence-electron chi connectivity index (χ3n) is 10.4. The zero-order valence-corrected chi connectivity index (χ0v) is 33.1. The minimum atomic E-state index is -1.15. The van der Waals surface area contributed by atoms with Crippen LogP contribution in [0.2, 0.25) is 0 Å². The van der Waals surface area contributed by atoms with E-state index in [9.17, 15) is 20.1 Å². The lowest BCUT2D eigenvalue weighted by Crippen LogP contribution is -2.50. The molecule has 0 aliphatic heterocycles. The second kappa shape index (κ2) is 39.9. The Balaban J connectivity index is 3.49. The van der Waals surface area contributed by atoms with Crippen molar-refractivity contribution in [1.82, 2.24) is 5.32 Å². The third kappa shape index (κ3) is 35.3. The van der Waals surface area contributed by atoms with Crippen molar-refractivity contribution in [1.29, 1.82) is 0 Å². The van der Waals surface area contributed by atoms with Gasteiger partial charge in [0.25, 0.3) is 0 Å². The summed E-state index contributed by atoms with van der Waals surface area (Å²) in [5.74, 6) is -0.152. The summed E-state index contributed by atoms with van der Waals surface area (Å²) in [6.45, 7) is 4.14. The molecule has 292 valence electrons. The Bertz CT molecular complexity index is 684. The monoisotopic (exact) mass is 694 g/mol. The predicted octanol–water partition coefficient (Wildman–Crippen LogP) is 12.4. The molecule has 0 radical (unpaired) electrons. The highest BCUT2D eigenvalue weighted by atomic mass is 16.3. The molecule has 0 aromatic carbocycles. The molecule has 0 bridgehead atoms. The second-order valence-corrected chi connectivity index (χ2v) is 15.3. The first-order chi connectivity index (χ1) is 24.1. The SMILES string of the molecule is CCCCCC/C=C/CCCC(O)C(O)C(CO)NC(=O)CCCCCCCCCCCCCCCCCCCCCCCCCCCC. The largest absolute Gasteiger partial charge is 0.394 e. The van der Waals surface area contributed by atoms with E-state index in [1.807, 2.05) is 0 Å². The van der Waals surface area contributed by atoms with Gasteiger partial charge >= 0.3 is 0 Å². The maximum absolute atomic E-state index is 12.4. The van der Waals surface area contributed by atoms with Crippen LogP contribution in [0.1, 0.15) is 239 Å². The summed E-state index contributed by atoms with van der Waals surface area (Å²) in [4.78, 5) is 12.4. The van der Waals surface area contributed by atoms with Crippen LogP contribution < -0.4 is 5.32 Å². The summed E-state index contributed by atoms with van der Waals surface area (Å²) in [6.07, 6.45) is 46.3. The molecule has 0 aromatic rings. The smallest absolute Gasteiger partial charge is 0.220 e. The average Bonchev–Trinajstić information content (AvgIpc) is 3.10. The molecule has 0 saturated carbocycles. The second-order valence-electron chi connectivity index (χ2n) is 15.3. The minimum Gasteiger partial charge on any atom is -0.394 e. The molecule has 0 heterocycles. The summed E-state index contributed by atoms with van der Waals surface area (Å²) < 4.78 is 0. The molecule has 0 aliphatic rings. The van der Waals surface area contributed by atoms with Gasteiger partial charge in [0.1, 0.15) is 6.10 Å². The van der Waals surface area contributed by atoms with Crippen molar-refractivity contribution < 1.29 is 20.1 Å². The van der Waals surface area contributed by atoms with E-state index in [0.717, 1.165) is 38.5 Å². The van der Waals surface area contributed by atoms with Gasteiger partial charge in [-0.15, -0.1) is 0 Å². The number of carbonyl (C=O) groups excluding carboxylic acids is 1. The number of unbranched alkanes of at least 4 members (excludes halogenated alkanes) is 30. The number of hydrogen-bond acceptors (Lipinski definition) is 4. The molecule has 0 fully saturated rings. The topological polar surface area (TPSA) is 89.8 Å². The number of aliphatic hydroxyl groups excluding tert-OH is 3. The van der Waals surface area contributed by atoms with Crippen LogP contribution in [0.15, 0.2) is 12.2 Å². The number of aliphatic hydroxyl groups is 3. The number of carbonyl (C=O) groups is 1. The van der Waals surface area contributed by atoms with Crippen molar-refractivity contribution in [3.05, 3.63) is 12.2 Å². The van der Waals surface area contributed by atoms with Gasteiger partial charge in [-0.25, -0.2) is 0 Å². The van der Waals surface area contributed by atoms with Crippen LogP contribution in [-0.2, 0) is 4.79 Å². The third-order valence-corrected chi connectivity index (χ3v) is 10.4. The fourth-order valence-electron chi connectivity index (χ4n) is 6.93. The molecule has 49 heavy (non-hydrogen) atoms.